The average molecular weight is 433 g/mol. The molecule has 0 aliphatic carbocycles. The second kappa shape index (κ2) is 9.95. The number of amides is 1. The molecule has 1 heterocycles. The molecule has 0 unspecified atom stereocenters. The summed E-state index contributed by atoms with van der Waals surface area (Å²) in [6, 6.07) is 12.9. The van der Waals surface area contributed by atoms with E-state index in [1.807, 2.05) is 30.3 Å². The summed E-state index contributed by atoms with van der Waals surface area (Å²) in [5.41, 5.74) is 0.892. The third-order valence-corrected chi connectivity index (χ3v) is 6.68. The Morgan fingerprint density at radius 1 is 1.00 bits per heavy atom. The average Bonchev–Trinajstić information content (AvgIpc) is 2.78. The maximum absolute atomic E-state index is 13.2. The fourth-order valence-electron chi connectivity index (χ4n) is 3.60. The normalized spacial score (nSPS) is 15.5. The Bertz CT molecular complexity index is 957. The predicted molar refractivity (Wildman–Crippen MR) is 114 cm³/mol. The summed E-state index contributed by atoms with van der Waals surface area (Å²) in [5, 5.41) is 0. The lowest BCUT2D eigenvalue weighted by Gasteiger charge is -2.30. The number of benzene rings is 2. The van der Waals surface area contributed by atoms with Crippen molar-refractivity contribution >= 4 is 15.9 Å². The van der Waals surface area contributed by atoms with Gasteiger partial charge in [-0.2, -0.15) is 4.72 Å². The number of likely N-dealkylation sites (tertiary alicyclic amines) is 1. The van der Waals surface area contributed by atoms with Crippen molar-refractivity contribution in [2.75, 3.05) is 27.3 Å². The van der Waals surface area contributed by atoms with Crippen LogP contribution < -0.4 is 14.2 Å². The van der Waals surface area contributed by atoms with Crippen molar-refractivity contribution in [3.05, 3.63) is 54.1 Å². The number of hydrogen-bond donors (Lipinski definition) is 1. The van der Waals surface area contributed by atoms with Crippen molar-refractivity contribution in [3.8, 4) is 11.5 Å². The predicted octanol–water partition coefficient (Wildman–Crippen LogP) is 2.61. The Balaban J connectivity index is 1.88. The first kappa shape index (κ1) is 22.1. The molecule has 162 valence electrons. The minimum Gasteiger partial charge on any atom is -0.493 e. The Morgan fingerprint density at radius 2 is 1.67 bits per heavy atom. The van der Waals surface area contributed by atoms with E-state index >= 15 is 0 Å². The molecular formula is C22H28N2O5S. The van der Waals surface area contributed by atoms with Gasteiger partial charge in [-0.25, -0.2) is 8.42 Å². The summed E-state index contributed by atoms with van der Waals surface area (Å²) in [6.45, 7) is 1.31. The molecule has 1 aliphatic rings. The molecule has 0 radical (unpaired) electrons. The molecule has 1 saturated heterocycles. The largest absolute Gasteiger partial charge is 0.493 e. The van der Waals surface area contributed by atoms with E-state index < -0.39 is 16.1 Å². The van der Waals surface area contributed by atoms with Crippen LogP contribution in [-0.2, 0) is 21.2 Å². The molecule has 2 aromatic rings. The van der Waals surface area contributed by atoms with Gasteiger partial charge in [0, 0.05) is 19.2 Å². The van der Waals surface area contributed by atoms with Crippen LogP contribution in [0.1, 0.15) is 24.8 Å². The Morgan fingerprint density at radius 3 is 2.30 bits per heavy atom. The first-order valence-electron chi connectivity index (χ1n) is 10.0. The molecule has 0 saturated carbocycles. The van der Waals surface area contributed by atoms with Crippen LogP contribution in [0.4, 0.5) is 0 Å². The second-order valence-electron chi connectivity index (χ2n) is 7.27. The van der Waals surface area contributed by atoms with Gasteiger partial charge in [-0.15, -0.1) is 0 Å². The van der Waals surface area contributed by atoms with Gasteiger partial charge >= 0.3 is 0 Å². The molecule has 8 heteroatoms. The molecule has 2 aromatic carbocycles. The molecule has 0 aromatic heterocycles. The van der Waals surface area contributed by atoms with Crippen molar-refractivity contribution in [1.29, 1.82) is 0 Å². The number of ether oxygens (including phenoxy) is 2. The number of hydrogen-bond acceptors (Lipinski definition) is 5. The quantitative estimate of drug-likeness (QED) is 0.693. The van der Waals surface area contributed by atoms with Crippen LogP contribution in [0.2, 0.25) is 0 Å². The minimum atomic E-state index is -3.95. The Kier molecular flexibility index (Phi) is 7.33. The second-order valence-corrected chi connectivity index (χ2v) is 8.98. The summed E-state index contributed by atoms with van der Waals surface area (Å²) < 4.78 is 39.3. The highest BCUT2D eigenvalue weighted by molar-refractivity contribution is 7.89. The van der Waals surface area contributed by atoms with Crippen molar-refractivity contribution in [2.45, 2.75) is 36.6 Å². The number of nitrogens with one attached hydrogen (secondary N) is 1. The molecule has 1 N–H and O–H groups in total. The number of carbonyl (C=O) groups is 1. The van der Waals surface area contributed by atoms with E-state index in [9.17, 15) is 13.2 Å². The van der Waals surface area contributed by atoms with E-state index in [1.54, 1.807) is 4.90 Å². The van der Waals surface area contributed by atoms with Gasteiger partial charge < -0.3 is 14.4 Å². The third kappa shape index (κ3) is 5.31. The first-order chi connectivity index (χ1) is 14.4. The fourth-order valence-corrected chi connectivity index (χ4v) is 4.81. The molecular weight excluding hydrogens is 404 g/mol. The summed E-state index contributed by atoms with van der Waals surface area (Å²) in [6.07, 6.45) is 3.24. The molecule has 0 bridgehead atoms. The topological polar surface area (TPSA) is 84.9 Å². The minimum absolute atomic E-state index is 0.0182. The zero-order chi connectivity index (χ0) is 21.6. The Hall–Kier alpha value is -2.58. The van der Waals surface area contributed by atoms with E-state index in [1.165, 1.54) is 32.4 Å². The van der Waals surface area contributed by atoms with Crippen LogP contribution in [0.15, 0.2) is 53.4 Å². The van der Waals surface area contributed by atoms with E-state index in [2.05, 4.69) is 4.72 Å². The summed E-state index contributed by atoms with van der Waals surface area (Å²) in [7, 11) is -1.03. The molecule has 1 fully saturated rings. The maximum atomic E-state index is 13.2. The highest BCUT2D eigenvalue weighted by atomic mass is 32.2. The van der Waals surface area contributed by atoms with E-state index in [0.717, 1.165) is 24.8 Å². The molecule has 3 rings (SSSR count). The molecule has 1 atom stereocenters. The van der Waals surface area contributed by atoms with Crippen molar-refractivity contribution in [1.82, 2.24) is 9.62 Å². The van der Waals surface area contributed by atoms with Gasteiger partial charge in [0.25, 0.3) is 0 Å². The van der Waals surface area contributed by atoms with Gasteiger partial charge in [0.2, 0.25) is 15.9 Å². The summed E-state index contributed by atoms with van der Waals surface area (Å²) in [5.74, 6) is 0.548. The summed E-state index contributed by atoms with van der Waals surface area (Å²) in [4.78, 5) is 15.0. The van der Waals surface area contributed by atoms with Gasteiger partial charge in [0.1, 0.15) is 6.04 Å². The molecule has 1 aliphatic heterocycles. The standard InChI is InChI=1S/C22H28N2O5S/c1-28-20-12-11-18(16-21(20)29-2)30(26,27)23-19(15-17-9-5-3-6-10-17)22(25)24-13-7-4-8-14-24/h3,5-6,9-12,16,19,23H,4,7-8,13-15H2,1-2H3/t19-/m1/s1. The molecule has 30 heavy (non-hydrogen) atoms. The lowest BCUT2D eigenvalue weighted by molar-refractivity contribution is -0.133. The van der Waals surface area contributed by atoms with Crippen LogP contribution in [0.3, 0.4) is 0 Å². The van der Waals surface area contributed by atoms with Crippen molar-refractivity contribution in [2.24, 2.45) is 0 Å². The van der Waals surface area contributed by atoms with Crippen LogP contribution in [-0.4, -0.2) is 52.6 Å². The number of piperidine rings is 1. The summed E-state index contributed by atoms with van der Waals surface area (Å²) >= 11 is 0. The molecule has 7 nitrogen and oxygen atoms in total. The van der Waals surface area contributed by atoms with Gasteiger partial charge in [-0.3, -0.25) is 4.79 Å². The SMILES string of the molecule is COc1ccc(S(=O)(=O)N[C@H](Cc2ccccc2)C(=O)N2CCCCC2)cc1OC. The number of rotatable bonds is 8. The zero-order valence-corrected chi connectivity index (χ0v) is 18.2. The van der Waals surface area contributed by atoms with Crippen LogP contribution >= 0.6 is 0 Å². The highest BCUT2D eigenvalue weighted by Gasteiger charge is 2.30. The van der Waals surface area contributed by atoms with E-state index in [-0.39, 0.29) is 17.2 Å². The zero-order valence-electron chi connectivity index (χ0n) is 17.3. The highest BCUT2D eigenvalue weighted by Crippen LogP contribution is 2.29. The number of methoxy groups -OCH3 is 2. The maximum Gasteiger partial charge on any atom is 0.241 e. The van der Waals surface area contributed by atoms with E-state index in [4.69, 9.17) is 9.47 Å². The fraction of sp³-hybridized carbons (Fsp3) is 0.409. The first-order valence-corrected chi connectivity index (χ1v) is 11.5. The molecule has 0 spiro atoms. The number of sulfonamides is 1. The Labute approximate surface area is 178 Å². The van der Waals surface area contributed by atoms with Gasteiger partial charge in [-0.1, -0.05) is 30.3 Å². The van der Waals surface area contributed by atoms with Crippen molar-refractivity contribution < 1.29 is 22.7 Å². The lowest BCUT2D eigenvalue weighted by atomic mass is 10.0. The van der Waals surface area contributed by atoms with Crippen LogP contribution in [0.5, 0.6) is 11.5 Å². The monoisotopic (exact) mass is 432 g/mol. The van der Waals surface area contributed by atoms with Crippen LogP contribution in [0, 0.1) is 0 Å². The third-order valence-electron chi connectivity index (χ3n) is 5.21. The van der Waals surface area contributed by atoms with Crippen LogP contribution in [0.25, 0.3) is 0 Å². The van der Waals surface area contributed by atoms with Gasteiger partial charge in [0.05, 0.1) is 19.1 Å². The molecule has 1 amide bonds. The number of nitrogens with zero attached hydrogens (tertiary/aromatic N) is 1. The smallest absolute Gasteiger partial charge is 0.241 e. The van der Waals surface area contributed by atoms with E-state index in [0.29, 0.717) is 24.6 Å². The lowest BCUT2D eigenvalue weighted by Crippen LogP contribution is -2.50. The number of carbonyl (C=O) groups excluding carboxylic acids is 1. The van der Waals surface area contributed by atoms with Gasteiger partial charge in [0.15, 0.2) is 11.5 Å². The van der Waals surface area contributed by atoms with Gasteiger partial charge in [-0.05, 0) is 43.4 Å². The van der Waals surface area contributed by atoms with Crippen molar-refractivity contribution in [3.63, 3.8) is 0 Å².